The summed E-state index contributed by atoms with van der Waals surface area (Å²) in [5.74, 6) is -0.163. The predicted molar refractivity (Wildman–Crippen MR) is 92.3 cm³/mol. The highest BCUT2D eigenvalue weighted by molar-refractivity contribution is 5.70. The highest BCUT2D eigenvalue weighted by Crippen LogP contribution is 2.27. The molecule has 0 spiro atoms. The van der Waals surface area contributed by atoms with Crippen molar-refractivity contribution in [3.63, 3.8) is 0 Å². The number of carbonyl (C=O) groups is 2. The molecule has 1 saturated carbocycles. The number of unbranched alkanes of at least 4 members (excludes halogenated alkanes) is 2. The number of amides is 1. The van der Waals surface area contributed by atoms with Crippen LogP contribution in [0.15, 0.2) is 12.7 Å². The molecule has 1 rings (SSSR count). The Kier molecular flexibility index (Phi) is 14.0. The maximum Gasteiger partial charge on any atom is 0.438 e. The highest BCUT2D eigenvalue weighted by atomic mass is 17.2. The maximum absolute atomic E-state index is 10.7. The number of nitrogens with one attached hydrogen (secondary N) is 1. The zero-order chi connectivity index (χ0) is 18.2. The van der Waals surface area contributed by atoms with E-state index in [1.54, 1.807) is 6.08 Å². The molecular weight excluding hydrogens is 312 g/mol. The monoisotopic (exact) mass is 344 g/mol. The van der Waals surface area contributed by atoms with Crippen LogP contribution in [0.2, 0.25) is 0 Å². The molecule has 0 atom stereocenters. The van der Waals surface area contributed by atoms with Crippen LogP contribution >= 0.6 is 0 Å². The van der Waals surface area contributed by atoms with Gasteiger partial charge in [-0.25, -0.2) is 4.79 Å². The van der Waals surface area contributed by atoms with Crippen LogP contribution in [0.25, 0.3) is 0 Å². The molecule has 1 amide bonds. The van der Waals surface area contributed by atoms with Crippen molar-refractivity contribution >= 4 is 12.1 Å². The lowest BCUT2D eigenvalue weighted by Crippen LogP contribution is -2.25. The normalized spacial score (nSPS) is 19.6. The molecule has 0 saturated heterocycles. The van der Waals surface area contributed by atoms with Crippen LogP contribution in [-0.4, -0.2) is 36.9 Å². The van der Waals surface area contributed by atoms with Crippen molar-refractivity contribution in [2.24, 2.45) is 17.6 Å². The van der Waals surface area contributed by atoms with Crippen LogP contribution in [0, 0.1) is 11.8 Å². The van der Waals surface area contributed by atoms with Gasteiger partial charge in [-0.2, -0.15) is 4.89 Å². The van der Waals surface area contributed by atoms with E-state index in [0.29, 0.717) is 25.6 Å². The van der Waals surface area contributed by atoms with Gasteiger partial charge in [0.2, 0.25) is 0 Å². The zero-order valence-corrected chi connectivity index (χ0v) is 14.7. The average molecular weight is 344 g/mol. The van der Waals surface area contributed by atoms with E-state index in [-0.39, 0.29) is 5.92 Å². The van der Waals surface area contributed by atoms with Crippen LogP contribution in [0.5, 0.6) is 0 Å². The minimum absolute atomic E-state index is 0.0993. The summed E-state index contributed by atoms with van der Waals surface area (Å²) in [6, 6.07) is 0. The molecule has 0 radical (unpaired) electrons. The first-order valence-corrected chi connectivity index (χ1v) is 8.66. The number of carboxylic acid groups (broad SMARTS) is 1. The molecule has 0 heterocycles. The Bertz CT molecular complexity index is 355. The summed E-state index contributed by atoms with van der Waals surface area (Å²) in [6.07, 6.45) is 7.72. The second kappa shape index (κ2) is 15.0. The van der Waals surface area contributed by atoms with E-state index in [9.17, 15) is 9.59 Å². The first kappa shape index (κ1) is 22.4. The summed E-state index contributed by atoms with van der Waals surface area (Å²) >= 11 is 0. The smallest absolute Gasteiger partial charge is 0.438 e. The molecule has 4 N–H and O–H groups in total. The molecule has 0 unspecified atom stereocenters. The number of rotatable bonds is 9. The van der Waals surface area contributed by atoms with Gasteiger partial charge < -0.3 is 16.2 Å². The molecule has 1 aliphatic carbocycles. The van der Waals surface area contributed by atoms with E-state index in [2.05, 4.69) is 28.6 Å². The Morgan fingerprint density at radius 2 is 1.96 bits per heavy atom. The third-order valence-corrected chi connectivity index (χ3v) is 3.89. The Labute approximate surface area is 144 Å². The van der Waals surface area contributed by atoms with E-state index in [1.807, 2.05) is 0 Å². The molecule has 1 fully saturated rings. The number of hydrogen-bond donors (Lipinski definition) is 3. The number of hydrogen-bond acceptors (Lipinski definition) is 5. The van der Waals surface area contributed by atoms with Gasteiger partial charge in [0.15, 0.2) is 0 Å². The SMILES string of the molecule is C=CCNC(=O)OOCCCCC.NCC1CCC(C(=O)O)CC1. The molecule has 0 bridgehead atoms. The first-order valence-electron chi connectivity index (χ1n) is 8.66. The summed E-state index contributed by atoms with van der Waals surface area (Å²) in [4.78, 5) is 30.3. The zero-order valence-electron chi connectivity index (χ0n) is 14.7. The van der Waals surface area contributed by atoms with Crippen molar-refractivity contribution < 1.29 is 24.5 Å². The largest absolute Gasteiger partial charge is 0.481 e. The van der Waals surface area contributed by atoms with Crippen molar-refractivity contribution in [1.82, 2.24) is 5.32 Å². The minimum atomic E-state index is -0.638. The predicted octanol–water partition coefficient (Wildman–Crippen LogP) is 2.86. The van der Waals surface area contributed by atoms with Gasteiger partial charge in [-0.05, 0) is 44.6 Å². The molecular formula is C17H32N2O5. The number of aliphatic carboxylic acids is 1. The quantitative estimate of drug-likeness (QED) is 0.257. The second-order valence-corrected chi connectivity index (χ2v) is 5.86. The van der Waals surface area contributed by atoms with E-state index in [1.165, 1.54) is 0 Å². The topological polar surface area (TPSA) is 111 Å². The fraction of sp³-hybridized carbons (Fsp3) is 0.765. The van der Waals surface area contributed by atoms with E-state index >= 15 is 0 Å². The summed E-state index contributed by atoms with van der Waals surface area (Å²) in [6.45, 7) is 7.09. The third kappa shape index (κ3) is 11.9. The average Bonchev–Trinajstić information content (AvgIpc) is 2.60. The lowest BCUT2D eigenvalue weighted by atomic mass is 9.82. The minimum Gasteiger partial charge on any atom is -0.481 e. The standard InChI is InChI=1S/C9H17NO3.C8H15NO2/c1-3-5-6-8-12-13-9(11)10-7-4-2;9-5-6-1-3-7(4-2-6)8(10)11/h4H,2-3,5-8H2,1H3,(H,10,11);6-7H,1-5,9H2,(H,10,11). The molecule has 0 aromatic rings. The van der Waals surface area contributed by atoms with Crippen LogP contribution in [0.3, 0.4) is 0 Å². The molecule has 0 aromatic heterocycles. The lowest BCUT2D eigenvalue weighted by molar-refractivity contribution is -0.238. The van der Waals surface area contributed by atoms with E-state index in [4.69, 9.17) is 10.8 Å². The van der Waals surface area contributed by atoms with Gasteiger partial charge in [-0.1, -0.05) is 25.8 Å². The Balaban J connectivity index is 0.000000446. The Morgan fingerprint density at radius 1 is 1.29 bits per heavy atom. The summed E-state index contributed by atoms with van der Waals surface area (Å²) in [5, 5.41) is 11.1. The molecule has 24 heavy (non-hydrogen) atoms. The fourth-order valence-corrected chi connectivity index (χ4v) is 2.34. The number of carboxylic acids is 1. The van der Waals surface area contributed by atoms with Gasteiger partial charge in [-0.3, -0.25) is 9.68 Å². The van der Waals surface area contributed by atoms with Gasteiger partial charge in [0.25, 0.3) is 0 Å². The van der Waals surface area contributed by atoms with Crippen LogP contribution in [-0.2, 0) is 14.6 Å². The Morgan fingerprint density at radius 3 is 2.46 bits per heavy atom. The molecule has 7 heteroatoms. The van der Waals surface area contributed by atoms with Gasteiger partial charge in [0.1, 0.15) is 0 Å². The van der Waals surface area contributed by atoms with Crippen molar-refractivity contribution in [3.8, 4) is 0 Å². The summed E-state index contributed by atoms with van der Waals surface area (Å²) in [5.41, 5.74) is 5.48. The van der Waals surface area contributed by atoms with Crippen molar-refractivity contribution in [2.75, 3.05) is 19.7 Å². The van der Waals surface area contributed by atoms with E-state index < -0.39 is 12.1 Å². The van der Waals surface area contributed by atoms with Crippen LogP contribution in [0.4, 0.5) is 4.79 Å². The summed E-state index contributed by atoms with van der Waals surface area (Å²) < 4.78 is 0. The molecule has 1 aliphatic rings. The number of carbonyl (C=O) groups excluding carboxylic acids is 1. The van der Waals surface area contributed by atoms with Crippen molar-refractivity contribution in [3.05, 3.63) is 12.7 Å². The lowest BCUT2D eigenvalue weighted by Gasteiger charge is -2.24. The third-order valence-electron chi connectivity index (χ3n) is 3.89. The number of nitrogens with two attached hydrogens (primary N) is 1. The summed E-state index contributed by atoms with van der Waals surface area (Å²) in [7, 11) is 0. The highest BCUT2D eigenvalue weighted by Gasteiger charge is 2.24. The van der Waals surface area contributed by atoms with Gasteiger partial charge >= 0.3 is 12.1 Å². The fourth-order valence-electron chi connectivity index (χ4n) is 2.34. The van der Waals surface area contributed by atoms with Gasteiger partial charge in [-0.15, -0.1) is 6.58 Å². The van der Waals surface area contributed by atoms with Crippen molar-refractivity contribution in [2.45, 2.75) is 51.9 Å². The van der Waals surface area contributed by atoms with Gasteiger partial charge in [0, 0.05) is 6.54 Å². The van der Waals surface area contributed by atoms with Gasteiger partial charge in [0.05, 0.1) is 12.5 Å². The first-order chi connectivity index (χ1) is 11.5. The molecule has 140 valence electrons. The maximum atomic E-state index is 10.7. The second-order valence-electron chi connectivity index (χ2n) is 5.86. The Hall–Kier alpha value is -1.60. The van der Waals surface area contributed by atoms with Crippen molar-refractivity contribution in [1.29, 1.82) is 0 Å². The molecule has 0 aliphatic heterocycles. The van der Waals surface area contributed by atoms with E-state index in [0.717, 1.165) is 44.9 Å². The molecule has 7 nitrogen and oxygen atoms in total. The van der Waals surface area contributed by atoms with Crippen LogP contribution < -0.4 is 11.1 Å². The van der Waals surface area contributed by atoms with Crippen LogP contribution in [0.1, 0.15) is 51.9 Å². The molecule has 0 aromatic carbocycles.